The van der Waals surface area contributed by atoms with Gasteiger partial charge in [-0.2, -0.15) is 0 Å². The maximum Gasteiger partial charge on any atom is 0.316 e. The number of benzene rings is 1. The molecule has 1 aromatic heterocycles. The zero-order valence-electron chi connectivity index (χ0n) is 12.9. The molecule has 0 spiro atoms. The van der Waals surface area contributed by atoms with Crippen LogP contribution in [0.15, 0.2) is 40.9 Å². The molecule has 1 atom stereocenters. The van der Waals surface area contributed by atoms with Crippen molar-refractivity contribution in [3.05, 3.63) is 42.4 Å². The summed E-state index contributed by atoms with van der Waals surface area (Å²) in [7, 11) is -2.92. The molecule has 2 aromatic rings. The first-order chi connectivity index (χ1) is 11.5. The van der Waals surface area contributed by atoms with E-state index in [1.807, 2.05) is 30.3 Å². The van der Waals surface area contributed by atoms with Gasteiger partial charge >= 0.3 is 5.97 Å². The van der Waals surface area contributed by atoms with Gasteiger partial charge in [-0.3, -0.25) is 4.79 Å². The van der Waals surface area contributed by atoms with Gasteiger partial charge in [-0.25, -0.2) is 13.4 Å². The van der Waals surface area contributed by atoms with Crippen LogP contribution in [0.4, 0.5) is 0 Å². The third kappa shape index (κ3) is 4.61. The van der Waals surface area contributed by atoms with E-state index in [0.29, 0.717) is 18.1 Å². The highest BCUT2D eigenvalue weighted by Gasteiger charge is 2.28. The second-order valence-electron chi connectivity index (χ2n) is 5.48. The lowest BCUT2D eigenvalue weighted by Gasteiger charge is -2.06. The van der Waals surface area contributed by atoms with Crippen molar-refractivity contribution in [3.63, 3.8) is 0 Å². The van der Waals surface area contributed by atoms with Crippen LogP contribution in [-0.4, -0.2) is 41.9 Å². The van der Waals surface area contributed by atoms with Crippen LogP contribution < -0.4 is 0 Å². The van der Waals surface area contributed by atoms with Gasteiger partial charge in [0.05, 0.1) is 23.5 Å². The van der Waals surface area contributed by atoms with Crippen LogP contribution >= 0.6 is 11.8 Å². The predicted molar refractivity (Wildman–Crippen MR) is 91.3 cm³/mol. The van der Waals surface area contributed by atoms with E-state index in [1.165, 1.54) is 11.8 Å². The van der Waals surface area contributed by atoms with Crippen LogP contribution in [0.25, 0.3) is 11.3 Å². The molecule has 1 aromatic carbocycles. The predicted octanol–water partition coefficient (Wildman–Crippen LogP) is 2.31. The lowest BCUT2D eigenvalue weighted by Crippen LogP contribution is -2.12. The molecule has 0 saturated carbocycles. The van der Waals surface area contributed by atoms with Crippen LogP contribution in [0.2, 0.25) is 0 Å². The normalized spacial score (nSPS) is 19.2. The summed E-state index contributed by atoms with van der Waals surface area (Å²) >= 11 is 1.33. The number of aromatic nitrogens is 1. The minimum Gasteiger partial charge on any atom is -0.455 e. The fourth-order valence-corrected chi connectivity index (χ4v) is 5.81. The van der Waals surface area contributed by atoms with Gasteiger partial charge in [-0.15, -0.1) is 11.8 Å². The number of oxazole rings is 1. The fraction of sp³-hybridized carbons (Fsp3) is 0.375. The van der Waals surface area contributed by atoms with E-state index in [2.05, 4.69) is 4.98 Å². The Hall–Kier alpha value is -1.80. The van der Waals surface area contributed by atoms with Crippen molar-refractivity contribution in [2.75, 3.05) is 17.3 Å². The first-order valence-corrected chi connectivity index (χ1v) is 10.4. The summed E-state index contributed by atoms with van der Waals surface area (Å²) in [6, 6.07) is 9.52. The van der Waals surface area contributed by atoms with E-state index in [1.54, 1.807) is 6.20 Å². The molecule has 0 N–H and O–H groups in total. The molecule has 1 aliphatic heterocycles. The number of sulfone groups is 1. The molecule has 0 radical (unpaired) electrons. The summed E-state index contributed by atoms with van der Waals surface area (Å²) in [6.07, 6.45) is 2.19. The number of hydrogen-bond donors (Lipinski definition) is 0. The smallest absolute Gasteiger partial charge is 0.316 e. The SMILES string of the molecule is O=C(CS[C@@H]1CCS(=O)(=O)C1)OCc1ncc(-c2ccccc2)o1. The molecule has 0 unspecified atom stereocenters. The summed E-state index contributed by atoms with van der Waals surface area (Å²) in [5.74, 6) is 1.03. The first kappa shape index (κ1) is 17.0. The second kappa shape index (κ2) is 7.40. The van der Waals surface area contributed by atoms with Crippen molar-refractivity contribution in [1.82, 2.24) is 4.98 Å². The summed E-state index contributed by atoms with van der Waals surface area (Å²) in [6.45, 7) is -0.0325. The molecule has 24 heavy (non-hydrogen) atoms. The fourth-order valence-electron chi connectivity index (χ4n) is 2.37. The lowest BCUT2D eigenvalue weighted by atomic mass is 10.2. The average molecular weight is 367 g/mol. The molecule has 6 nitrogen and oxygen atoms in total. The largest absolute Gasteiger partial charge is 0.455 e. The zero-order chi connectivity index (χ0) is 17.0. The molecule has 2 heterocycles. The Morgan fingerprint density at radius 2 is 2.12 bits per heavy atom. The maximum atomic E-state index is 11.7. The summed E-state index contributed by atoms with van der Waals surface area (Å²) in [5, 5.41) is -0.0195. The van der Waals surface area contributed by atoms with Crippen LogP contribution in [0.3, 0.4) is 0 Å². The summed E-state index contributed by atoms with van der Waals surface area (Å²) < 4.78 is 33.4. The third-order valence-electron chi connectivity index (χ3n) is 3.60. The van der Waals surface area contributed by atoms with E-state index < -0.39 is 15.8 Å². The van der Waals surface area contributed by atoms with Gasteiger partial charge in [0.25, 0.3) is 0 Å². The lowest BCUT2D eigenvalue weighted by molar-refractivity contribution is -0.142. The average Bonchev–Trinajstić information content (AvgIpc) is 3.18. The van der Waals surface area contributed by atoms with E-state index in [9.17, 15) is 13.2 Å². The van der Waals surface area contributed by atoms with E-state index in [4.69, 9.17) is 9.15 Å². The molecule has 0 bridgehead atoms. The van der Waals surface area contributed by atoms with Gasteiger partial charge < -0.3 is 9.15 Å². The molecular weight excluding hydrogens is 350 g/mol. The molecule has 128 valence electrons. The minimum absolute atomic E-state index is 0.0195. The zero-order valence-corrected chi connectivity index (χ0v) is 14.5. The summed E-state index contributed by atoms with van der Waals surface area (Å²) in [4.78, 5) is 15.8. The number of hydrogen-bond acceptors (Lipinski definition) is 7. The van der Waals surface area contributed by atoms with Crippen LogP contribution in [0.5, 0.6) is 0 Å². The monoisotopic (exact) mass is 367 g/mol. The third-order valence-corrected chi connectivity index (χ3v) is 6.85. The number of carbonyl (C=O) groups excluding carboxylic acids is 1. The highest BCUT2D eigenvalue weighted by Crippen LogP contribution is 2.24. The van der Waals surface area contributed by atoms with E-state index in [-0.39, 0.29) is 29.1 Å². The topological polar surface area (TPSA) is 86.5 Å². The van der Waals surface area contributed by atoms with Gasteiger partial charge in [-0.05, 0) is 6.42 Å². The van der Waals surface area contributed by atoms with Crippen LogP contribution in [0.1, 0.15) is 12.3 Å². The molecule has 0 amide bonds. The van der Waals surface area contributed by atoms with Gasteiger partial charge in [0, 0.05) is 10.8 Å². The number of carbonyl (C=O) groups is 1. The van der Waals surface area contributed by atoms with Crippen LogP contribution in [-0.2, 0) is 26.0 Å². The van der Waals surface area contributed by atoms with Gasteiger partial charge in [-0.1, -0.05) is 30.3 Å². The molecule has 0 aliphatic carbocycles. The van der Waals surface area contributed by atoms with Crippen molar-refractivity contribution >= 4 is 27.6 Å². The van der Waals surface area contributed by atoms with Crippen LogP contribution in [0, 0.1) is 0 Å². The number of ether oxygens (including phenoxy) is 1. The first-order valence-electron chi connectivity index (χ1n) is 7.50. The van der Waals surface area contributed by atoms with Crippen molar-refractivity contribution in [2.45, 2.75) is 18.3 Å². The molecule has 3 rings (SSSR count). The highest BCUT2D eigenvalue weighted by molar-refractivity contribution is 8.02. The number of nitrogens with zero attached hydrogens (tertiary/aromatic N) is 1. The van der Waals surface area contributed by atoms with E-state index >= 15 is 0 Å². The Bertz CT molecular complexity index is 801. The van der Waals surface area contributed by atoms with Crippen molar-refractivity contribution < 1.29 is 22.4 Å². The maximum absolute atomic E-state index is 11.7. The van der Waals surface area contributed by atoms with E-state index in [0.717, 1.165) is 5.56 Å². The minimum atomic E-state index is -2.92. The van der Waals surface area contributed by atoms with Crippen molar-refractivity contribution in [1.29, 1.82) is 0 Å². The molecular formula is C16H17NO5S2. The number of thioether (sulfide) groups is 1. The Balaban J connectivity index is 1.44. The Morgan fingerprint density at radius 3 is 2.83 bits per heavy atom. The molecule has 8 heteroatoms. The summed E-state index contributed by atoms with van der Waals surface area (Å²) in [5.41, 5.74) is 0.903. The Labute approximate surface area is 144 Å². The second-order valence-corrected chi connectivity index (χ2v) is 9.00. The Kier molecular flexibility index (Phi) is 5.25. The van der Waals surface area contributed by atoms with Gasteiger partial charge in [0.2, 0.25) is 5.89 Å². The number of rotatable bonds is 6. The molecule has 1 aliphatic rings. The van der Waals surface area contributed by atoms with Gasteiger partial charge in [0.15, 0.2) is 22.2 Å². The molecule has 1 saturated heterocycles. The van der Waals surface area contributed by atoms with Crippen molar-refractivity contribution in [3.8, 4) is 11.3 Å². The van der Waals surface area contributed by atoms with Gasteiger partial charge in [0.1, 0.15) is 0 Å². The molecule has 1 fully saturated rings. The Morgan fingerprint density at radius 1 is 1.33 bits per heavy atom. The standard InChI is InChI=1S/C16H17NO5S2/c18-16(10-23-13-6-7-24(19,20)11-13)21-9-15-17-8-14(22-15)12-4-2-1-3-5-12/h1-5,8,13H,6-7,9-11H2/t13-/m1/s1. The quantitative estimate of drug-likeness (QED) is 0.724. The van der Waals surface area contributed by atoms with Crippen molar-refractivity contribution in [2.24, 2.45) is 0 Å². The number of esters is 1. The highest BCUT2D eigenvalue weighted by atomic mass is 32.2.